The van der Waals surface area contributed by atoms with Crippen molar-refractivity contribution >= 4 is 11.4 Å². The number of ether oxygens (including phenoxy) is 1. The molecule has 5 heteroatoms. The minimum Gasteiger partial charge on any atom is -0.394 e. The molecule has 5 nitrogen and oxygen atoms in total. The summed E-state index contributed by atoms with van der Waals surface area (Å²) in [6.07, 6.45) is -0.807. The first-order valence-electron chi connectivity index (χ1n) is 7.27. The van der Waals surface area contributed by atoms with Crippen molar-refractivity contribution in [1.29, 1.82) is 0 Å². The first-order valence-corrected chi connectivity index (χ1v) is 7.27. The lowest BCUT2D eigenvalue weighted by molar-refractivity contribution is -0.0225. The summed E-state index contributed by atoms with van der Waals surface area (Å²) in [4.78, 5) is 0. The molecule has 1 saturated heterocycles. The highest BCUT2D eigenvalue weighted by Crippen LogP contribution is 2.33. The van der Waals surface area contributed by atoms with E-state index in [-0.39, 0.29) is 12.7 Å². The van der Waals surface area contributed by atoms with Crippen molar-refractivity contribution in [3.8, 4) is 0 Å². The third-order valence-electron chi connectivity index (χ3n) is 3.71. The molecule has 22 heavy (non-hydrogen) atoms. The molecule has 0 aliphatic carbocycles. The lowest BCUT2D eigenvalue weighted by Gasteiger charge is -2.12. The Hall–Kier alpha value is -2.08. The number of azo groups is 1. The fourth-order valence-electron chi connectivity index (χ4n) is 2.47. The molecule has 3 atom stereocenters. The van der Waals surface area contributed by atoms with E-state index in [1.54, 1.807) is 0 Å². The fourth-order valence-corrected chi connectivity index (χ4v) is 2.47. The van der Waals surface area contributed by atoms with Gasteiger partial charge in [-0.1, -0.05) is 30.3 Å². The van der Waals surface area contributed by atoms with Gasteiger partial charge in [-0.25, -0.2) is 0 Å². The van der Waals surface area contributed by atoms with E-state index in [9.17, 15) is 5.11 Å². The van der Waals surface area contributed by atoms with Crippen LogP contribution in [0.25, 0.3) is 0 Å². The van der Waals surface area contributed by atoms with Gasteiger partial charge in [-0.15, -0.1) is 0 Å². The second-order valence-corrected chi connectivity index (χ2v) is 5.28. The van der Waals surface area contributed by atoms with E-state index in [1.807, 2.05) is 54.6 Å². The maximum Gasteiger partial charge on any atom is 0.107 e. The van der Waals surface area contributed by atoms with E-state index < -0.39 is 12.2 Å². The smallest absolute Gasteiger partial charge is 0.107 e. The number of hydrogen-bond acceptors (Lipinski definition) is 5. The lowest BCUT2D eigenvalue weighted by atomic mass is 10.0. The molecular weight excluding hydrogens is 280 g/mol. The van der Waals surface area contributed by atoms with Gasteiger partial charge in [-0.3, -0.25) is 0 Å². The second-order valence-electron chi connectivity index (χ2n) is 5.28. The van der Waals surface area contributed by atoms with Gasteiger partial charge < -0.3 is 14.9 Å². The zero-order valence-corrected chi connectivity index (χ0v) is 12.0. The van der Waals surface area contributed by atoms with Gasteiger partial charge in [0.15, 0.2) is 0 Å². The molecule has 0 saturated carbocycles. The molecule has 2 aromatic carbocycles. The van der Waals surface area contributed by atoms with Crippen molar-refractivity contribution in [3.63, 3.8) is 0 Å². The summed E-state index contributed by atoms with van der Waals surface area (Å²) in [5.41, 5.74) is 2.53. The highest BCUT2D eigenvalue weighted by atomic mass is 16.5. The van der Waals surface area contributed by atoms with Crippen LogP contribution in [0.5, 0.6) is 0 Å². The summed E-state index contributed by atoms with van der Waals surface area (Å²) >= 11 is 0. The maximum absolute atomic E-state index is 9.77. The summed E-state index contributed by atoms with van der Waals surface area (Å²) in [5, 5.41) is 27.2. The molecule has 3 rings (SSSR count). The number of nitrogens with zero attached hydrogens (tertiary/aromatic N) is 2. The monoisotopic (exact) mass is 298 g/mol. The minimum atomic E-state index is -0.618. The number of aliphatic hydroxyl groups excluding tert-OH is 2. The minimum absolute atomic E-state index is 0.166. The highest BCUT2D eigenvalue weighted by Gasteiger charge is 2.34. The van der Waals surface area contributed by atoms with Gasteiger partial charge >= 0.3 is 0 Å². The summed E-state index contributed by atoms with van der Waals surface area (Å²) in [6.45, 7) is -0.166. The average molecular weight is 298 g/mol. The Morgan fingerprint density at radius 3 is 2.18 bits per heavy atom. The Bertz CT molecular complexity index is 628. The maximum atomic E-state index is 9.77. The molecule has 1 heterocycles. The summed E-state index contributed by atoms with van der Waals surface area (Å²) in [6, 6.07) is 17.1. The third kappa shape index (κ3) is 3.39. The van der Waals surface area contributed by atoms with Crippen LogP contribution in [0.1, 0.15) is 18.1 Å². The molecule has 1 fully saturated rings. The normalized spacial score (nSPS) is 24.9. The van der Waals surface area contributed by atoms with Gasteiger partial charge in [-0.2, -0.15) is 10.2 Å². The van der Waals surface area contributed by atoms with Crippen molar-refractivity contribution in [1.82, 2.24) is 0 Å². The van der Waals surface area contributed by atoms with Crippen molar-refractivity contribution in [2.75, 3.05) is 6.61 Å². The molecule has 1 aliphatic rings. The summed E-state index contributed by atoms with van der Waals surface area (Å²) in [7, 11) is 0. The molecule has 0 aromatic heterocycles. The van der Waals surface area contributed by atoms with Crippen molar-refractivity contribution < 1.29 is 14.9 Å². The Morgan fingerprint density at radius 1 is 0.955 bits per heavy atom. The molecule has 0 amide bonds. The Morgan fingerprint density at radius 2 is 1.59 bits per heavy atom. The lowest BCUT2D eigenvalue weighted by Crippen LogP contribution is -2.24. The van der Waals surface area contributed by atoms with E-state index in [0.717, 1.165) is 16.9 Å². The van der Waals surface area contributed by atoms with Crippen LogP contribution in [0.4, 0.5) is 11.4 Å². The quantitative estimate of drug-likeness (QED) is 0.851. The molecule has 114 valence electrons. The van der Waals surface area contributed by atoms with E-state index in [0.29, 0.717) is 6.42 Å². The second kappa shape index (κ2) is 6.79. The molecule has 2 N–H and O–H groups in total. The van der Waals surface area contributed by atoms with Crippen LogP contribution in [-0.2, 0) is 4.74 Å². The Balaban J connectivity index is 1.67. The molecule has 1 aliphatic heterocycles. The van der Waals surface area contributed by atoms with Crippen LogP contribution < -0.4 is 0 Å². The average Bonchev–Trinajstić information content (AvgIpc) is 2.95. The van der Waals surface area contributed by atoms with Gasteiger partial charge in [-0.05, 0) is 29.8 Å². The van der Waals surface area contributed by atoms with Gasteiger partial charge in [0.05, 0.1) is 30.2 Å². The largest absolute Gasteiger partial charge is 0.394 e. The third-order valence-corrected chi connectivity index (χ3v) is 3.71. The van der Waals surface area contributed by atoms with Gasteiger partial charge in [0.1, 0.15) is 6.10 Å². The van der Waals surface area contributed by atoms with Crippen molar-refractivity contribution in [3.05, 3.63) is 60.2 Å². The zero-order chi connectivity index (χ0) is 15.4. The summed E-state index contributed by atoms with van der Waals surface area (Å²) < 4.78 is 5.62. The van der Waals surface area contributed by atoms with Crippen LogP contribution in [0.2, 0.25) is 0 Å². The van der Waals surface area contributed by atoms with Crippen LogP contribution in [0.3, 0.4) is 0 Å². The molecule has 0 bridgehead atoms. The van der Waals surface area contributed by atoms with Crippen LogP contribution >= 0.6 is 0 Å². The molecule has 0 spiro atoms. The standard InChI is InChI=1S/C17H18N2O3/c20-11-17-15(21)10-16(22-17)12-6-8-14(9-7-12)19-18-13-4-2-1-3-5-13/h1-9,15-17,20-21H,10-11H2/t15-,16-,17+/m0/s1. The SMILES string of the molecule is OC[C@H]1O[C@H](c2ccc(N=Nc3ccccc3)cc2)C[C@@H]1O. The van der Waals surface area contributed by atoms with E-state index in [1.165, 1.54) is 0 Å². The first kappa shape index (κ1) is 14.8. The first-order chi connectivity index (χ1) is 10.8. The Labute approximate surface area is 128 Å². The predicted octanol–water partition coefficient (Wildman–Crippen LogP) is 3.29. The zero-order valence-electron chi connectivity index (χ0n) is 12.0. The number of aliphatic hydroxyl groups is 2. The van der Waals surface area contributed by atoms with Crippen molar-refractivity contribution in [2.24, 2.45) is 10.2 Å². The number of hydrogen-bond donors (Lipinski definition) is 2. The fraction of sp³-hybridized carbons (Fsp3) is 0.294. The molecule has 2 aromatic rings. The van der Waals surface area contributed by atoms with Gasteiger partial charge in [0, 0.05) is 6.42 Å². The topological polar surface area (TPSA) is 74.4 Å². The molecular formula is C17H18N2O3. The predicted molar refractivity (Wildman–Crippen MR) is 82.4 cm³/mol. The highest BCUT2D eigenvalue weighted by molar-refractivity contribution is 5.41. The summed E-state index contributed by atoms with van der Waals surface area (Å²) in [5.74, 6) is 0. The molecule has 0 unspecified atom stereocenters. The van der Waals surface area contributed by atoms with Gasteiger partial charge in [0.25, 0.3) is 0 Å². The number of rotatable bonds is 4. The molecule has 0 radical (unpaired) electrons. The van der Waals surface area contributed by atoms with Crippen LogP contribution in [0.15, 0.2) is 64.8 Å². The number of benzene rings is 2. The van der Waals surface area contributed by atoms with E-state index in [2.05, 4.69) is 10.2 Å². The van der Waals surface area contributed by atoms with Gasteiger partial charge in [0.2, 0.25) is 0 Å². The van der Waals surface area contributed by atoms with Crippen molar-refractivity contribution in [2.45, 2.75) is 24.7 Å². The van der Waals surface area contributed by atoms with Crippen LogP contribution in [0, 0.1) is 0 Å². The van der Waals surface area contributed by atoms with Crippen LogP contribution in [-0.4, -0.2) is 29.0 Å². The van der Waals surface area contributed by atoms with E-state index in [4.69, 9.17) is 9.84 Å². The Kier molecular flexibility index (Phi) is 4.58. The van der Waals surface area contributed by atoms with E-state index >= 15 is 0 Å².